The quantitative estimate of drug-likeness (QED) is 0.267. The lowest BCUT2D eigenvalue weighted by Crippen LogP contribution is -2.31. The van der Waals surface area contributed by atoms with Crippen molar-refractivity contribution in [2.24, 2.45) is 0 Å². The van der Waals surface area contributed by atoms with E-state index < -0.39 is 24.0 Å². The molecule has 3 aromatic carbocycles. The predicted molar refractivity (Wildman–Crippen MR) is 122 cm³/mol. The van der Waals surface area contributed by atoms with Gasteiger partial charge < -0.3 is 31.4 Å². The molecule has 0 aliphatic heterocycles. The van der Waals surface area contributed by atoms with E-state index in [1.807, 2.05) is 0 Å². The molecule has 3 aromatic rings. The van der Waals surface area contributed by atoms with Crippen LogP contribution in [0.15, 0.2) is 72.8 Å². The van der Waals surface area contributed by atoms with Crippen molar-refractivity contribution in [1.82, 2.24) is 0 Å². The van der Waals surface area contributed by atoms with Crippen molar-refractivity contribution in [3.63, 3.8) is 0 Å². The summed E-state index contributed by atoms with van der Waals surface area (Å²) in [5.74, 6) is -1.98. The molecule has 0 bridgehead atoms. The monoisotopic (exact) mass is 449 g/mol. The lowest BCUT2D eigenvalue weighted by molar-refractivity contribution is -0.0253. The normalized spacial score (nSPS) is 10.5. The SMILES string of the molecule is Nc1ccc(C(=O)OCC(COC(=O)c2ccc(N)cc2)OC(=O)c2ccc(N)cc2)cc1. The van der Waals surface area contributed by atoms with Crippen molar-refractivity contribution in [3.8, 4) is 0 Å². The van der Waals surface area contributed by atoms with E-state index in [0.717, 1.165) is 0 Å². The Labute approximate surface area is 190 Å². The molecule has 0 radical (unpaired) electrons. The summed E-state index contributed by atoms with van der Waals surface area (Å²) in [5.41, 5.74) is 19.1. The summed E-state index contributed by atoms with van der Waals surface area (Å²) < 4.78 is 15.9. The highest BCUT2D eigenvalue weighted by Gasteiger charge is 2.21. The number of ether oxygens (including phenoxy) is 3. The lowest BCUT2D eigenvalue weighted by atomic mass is 10.2. The number of anilines is 3. The van der Waals surface area contributed by atoms with Crippen LogP contribution in [0.5, 0.6) is 0 Å². The fraction of sp³-hybridized carbons (Fsp3) is 0.125. The maximum Gasteiger partial charge on any atom is 0.338 e. The molecule has 0 unspecified atom stereocenters. The van der Waals surface area contributed by atoms with E-state index in [-0.39, 0.29) is 29.9 Å². The van der Waals surface area contributed by atoms with E-state index in [4.69, 9.17) is 31.4 Å². The lowest BCUT2D eigenvalue weighted by Gasteiger charge is -2.18. The van der Waals surface area contributed by atoms with Gasteiger partial charge in [-0.15, -0.1) is 0 Å². The number of benzene rings is 3. The molecular weight excluding hydrogens is 426 g/mol. The largest absolute Gasteiger partial charge is 0.458 e. The van der Waals surface area contributed by atoms with Gasteiger partial charge in [0.05, 0.1) is 16.7 Å². The maximum absolute atomic E-state index is 12.5. The molecule has 0 aromatic heterocycles. The Kier molecular flexibility index (Phi) is 7.48. The van der Waals surface area contributed by atoms with Gasteiger partial charge in [-0.1, -0.05) is 0 Å². The van der Waals surface area contributed by atoms with Crippen LogP contribution in [-0.2, 0) is 14.2 Å². The molecule has 0 atom stereocenters. The van der Waals surface area contributed by atoms with Crippen LogP contribution in [0.4, 0.5) is 17.1 Å². The summed E-state index contributed by atoms with van der Waals surface area (Å²) in [6.07, 6.45) is -1.05. The van der Waals surface area contributed by atoms with Gasteiger partial charge in [-0.05, 0) is 72.8 Å². The zero-order valence-corrected chi connectivity index (χ0v) is 17.6. The number of nitrogen functional groups attached to an aromatic ring is 3. The molecule has 0 aliphatic rings. The van der Waals surface area contributed by atoms with Gasteiger partial charge in [0.15, 0.2) is 6.10 Å². The minimum absolute atomic E-state index is 0.240. The third kappa shape index (κ3) is 6.73. The first-order valence-electron chi connectivity index (χ1n) is 9.93. The van der Waals surface area contributed by atoms with Crippen LogP contribution in [0, 0.1) is 0 Å². The number of hydrogen-bond acceptors (Lipinski definition) is 9. The molecule has 9 nitrogen and oxygen atoms in total. The van der Waals surface area contributed by atoms with Crippen LogP contribution in [0.2, 0.25) is 0 Å². The highest BCUT2D eigenvalue weighted by Crippen LogP contribution is 2.12. The molecular formula is C24H23N3O6. The Morgan fingerprint density at radius 2 is 0.848 bits per heavy atom. The van der Waals surface area contributed by atoms with Crippen molar-refractivity contribution >= 4 is 35.0 Å². The van der Waals surface area contributed by atoms with E-state index in [0.29, 0.717) is 17.1 Å². The summed E-state index contributed by atoms with van der Waals surface area (Å²) in [4.78, 5) is 37.1. The molecule has 0 spiro atoms. The van der Waals surface area contributed by atoms with Crippen LogP contribution in [0.25, 0.3) is 0 Å². The van der Waals surface area contributed by atoms with Gasteiger partial charge in [-0.2, -0.15) is 0 Å². The van der Waals surface area contributed by atoms with E-state index in [1.54, 1.807) is 36.4 Å². The van der Waals surface area contributed by atoms with Crippen LogP contribution < -0.4 is 17.2 Å². The smallest absolute Gasteiger partial charge is 0.338 e. The maximum atomic E-state index is 12.5. The number of esters is 3. The Hall–Kier alpha value is -4.53. The van der Waals surface area contributed by atoms with Crippen molar-refractivity contribution in [1.29, 1.82) is 0 Å². The Morgan fingerprint density at radius 1 is 0.545 bits per heavy atom. The van der Waals surface area contributed by atoms with Gasteiger partial charge in [0.1, 0.15) is 13.2 Å². The minimum atomic E-state index is -1.05. The molecule has 0 fully saturated rings. The Morgan fingerprint density at radius 3 is 1.18 bits per heavy atom. The molecule has 0 saturated heterocycles. The van der Waals surface area contributed by atoms with Gasteiger partial charge in [-0.25, -0.2) is 14.4 Å². The molecule has 9 heteroatoms. The van der Waals surface area contributed by atoms with Gasteiger partial charge in [-0.3, -0.25) is 0 Å². The fourth-order valence-electron chi connectivity index (χ4n) is 2.70. The summed E-state index contributed by atoms with van der Waals surface area (Å²) >= 11 is 0. The fourth-order valence-corrected chi connectivity index (χ4v) is 2.70. The minimum Gasteiger partial charge on any atom is -0.458 e. The average molecular weight is 449 g/mol. The second-order valence-corrected chi connectivity index (χ2v) is 7.09. The van der Waals surface area contributed by atoms with Gasteiger partial charge >= 0.3 is 17.9 Å². The molecule has 0 amide bonds. The first kappa shape index (κ1) is 23.1. The Bertz CT molecular complexity index is 1050. The highest BCUT2D eigenvalue weighted by molar-refractivity contribution is 5.91. The van der Waals surface area contributed by atoms with E-state index in [2.05, 4.69) is 0 Å². The highest BCUT2D eigenvalue weighted by atomic mass is 16.6. The topological polar surface area (TPSA) is 157 Å². The van der Waals surface area contributed by atoms with Crippen molar-refractivity contribution in [2.45, 2.75) is 6.10 Å². The Balaban J connectivity index is 1.66. The van der Waals surface area contributed by atoms with Gasteiger partial charge in [0.2, 0.25) is 0 Å². The molecule has 0 saturated carbocycles. The van der Waals surface area contributed by atoms with Crippen LogP contribution >= 0.6 is 0 Å². The summed E-state index contributed by atoms with van der Waals surface area (Å²) in [6.45, 7) is -0.669. The van der Waals surface area contributed by atoms with E-state index in [1.165, 1.54) is 36.4 Å². The zero-order valence-electron chi connectivity index (χ0n) is 17.6. The zero-order chi connectivity index (χ0) is 23.8. The molecule has 3 rings (SSSR count). The summed E-state index contributed by atoms with van der Waals surface area (Å²) in [7, 11) is 0. The predicted octanol–water partition coefficient (Wildman–Crippen LogP) is 2.67. The number of hydrogen-bond donors (Lipinski definition) is 3. The van der Waals surface area contributed by atoms with Gasteiger partial charge in [0, 0.05) is 17.1 Å². The van der Waals surface area contributed by atoms with Crippen molar-refractivity contribution in [3.05, 3.63) is 89.5 Å². The van der Waals surface area contributed by atoms with Crippen molar-refractivity contribution < 1.29 is 28.6 Å². The summed E-state index contributed by atoms with van der Waals surface area (Å²) in [6, 6.07) is 18.4. The molecule has 0 heterocycles. The molecule has 33 heavy (non-hydrogen) atoms. The summed E-state index contributed by atoms with van der Waals surface area (Å²) in [5, 5.41) is 0. The van der Waals surface area contributed by atoms with Crippen LogP contribution in [0.1, 0.15) is 31.1 Å². The third-order valence-corrected chi connectivity index (χ3v) is 4.51. The molecule has 170 valence electrons. The van der Waals surface area contributed by atoms with Gasteiger partial charge in [0.25, 0.3) is 0 Å². The number of nitrogens with two attached hydrogens (primary N) is 3. The second kappa shape index (κ2) is 10.7. The molecule has 6 N–H and O–H groups in total. The van der Waals surface area contributed by atoms with E-state index >= 15 is 0 Å². The first-order valence-corrected chi connectivity index (χ1v) is 9.93. The van der Waals surface area contributed by atoms with E-state index in [9.17, 15) is 14.4 Å². The van der Waals surface area contributed by atoms with Crippen molar-refractivity contribution in [2.75, 3.05) is 30.4 Å². The average Bonchev–Trinajstić information content (AvgIpc) is 2.81. The number of carbonyl (C=O) groups is 3. The second-order valence-electron chi connectivity index (χ2n) is 7.09. The first-order chi connectivity index (χ1) is 15.8. The third-order valence-electron chi connectivity index (χ3n) is 4.51. The van der Waals surface area contributed by atoms with Crippen LogP contribution in [0.3, 0.4) is 0 Å². The standard InChI is InChI=1S/C24H23N3O6/c25-18-7-1-15(2-8-18)22(28)31-13-21(33-24(30)17-5-11-20(27)12-6-17)14-32-23(29)16-3-9-19(26)10-4-16/h1-12,21H,13-14,25-27H2. The number of rotatable bonds is 8. The number of carbonyl (C=O) groups excluding carboxylic acids is 3. The molecule has 0 aliphatic carbocycles. The van der Waals surface area contributed by atoms with Crippen LogP contribution in [-0.4, -0.2) is 37.2 Å².